The van der Waals surface area contributed by atoms with Gasteiger partial charge in [0.15, 0.2) is 0 Å². The van der Waals surface area contributed by atoms with Crippen molar-refractivity contribution in [2.24, 2.45) is 34.5 Å². The van der Waals surface area contributed by atoms with Crippen LogP contribution in [-0.2, 0) is 0 Å². The first kappa shape index (κ1) is 15.6. The van der Waals surface area contributed by atoms with E-state index in [2.05, 4.69) is 38.8 Å². The molecule has 4 aliphatic carbocycles. The maximum absolute atomic E-state index is 5.80. The molecular formula is C23H32. The highest BCUT2D eigenvalue weighted by molar-refractivity contribution is 5.38. The zero-order valence-electron chi connectivity index (χ0n) is 15.2. The number of hydrogen-bond donors (Lipinski definition) is 0. The lowest BCUT2D eigenvalue weighted by atomic mass is 9.50. The third-order valence-electron chi connectivity index (χ3n) is 8.42. The molecule has 0 amide bonds. The first-order chi connectivity index (χ1) is 11.0. The van der Waals surface area contributed by atoms with Gasteiger partial charge in [0, 0.05) is 5.92 Å². The maximum Gasteiger partial charge on any atom is 0.0205 e. The summed E-state index contributed by atoms with van der Waals surface area (Å²) in [7, 11) is 0. The minimum Gasteiger partial charge on any atom is -0.120 e. The highest BCUT2D eigenvalue weighted by atomic mass is 14.6. The van der Waals surface area contributed by atoms with Crippen molar-refractivity contribution in [3.63, 3.8) is 0 Å². The van der Waals surface area contributed by atoms with E-state index in [9.17, 15) is 0 Å². The van der Waals surface area contributed by atoms with E-state index in [1.54, 1.807) is 11.1 Å². The summed E-state index contributed by atoms with van der Waals surface area (Å²) in [5, 5.41) is 0. The maximum atomic E-state index is 5.80. The largest absolute Gasteiger partial charge is 0.120 e. The van der Waals surface area contributed by atoms with Crippen molar-refractivity contribution in [3.8, 4) is 12.3 Å². The molecule has 0 N–H and O–H groups in total. The summed E-state index contributed by atoms with van der Waals surface area (Å²) in [6.45, 7) is 7.41. The predicted molar refractivity (Wildman–Crippen MR) is 97.8 cm³/mol. The Hall–Kier alpha value is -0.960. The van der Waals surface area contributed by atoms with Crippen molar-refractivity contribution in [3.05, 3.63) is 23.3 Å². The van der Waals surface area contributed by atoms with E-state index < -0.39 is 0 Å². The summed E-state index contributed by atoms with van der Waals surface area (Å²) in [6.07, 6.45) is 21.9. The van der Waals surface area contributed by atoms with Crippen molar-refractivity contribution in [1.82, 2.24) is 0 Å². The van der Waals surface area contributed by atoms with Crippen LogP contribution in [0.4, 0.5) is 0 Å². The van der Waals surface area contributed by atoms with Crippen molar-refractivity contribution in [2.75, 3.05) is 0 Å². The molecule has 3 fully saturated rings. The lowest BCUT2D eigenvalue weighted by Gasteiger charge is -2.54. The zero-order valence-corrected chi connectivity index (χ0v) is 15.2. The van der Waals surface area contributed by atoms with Crippen LogP contribution in [0.15, 0.2) is 23.3 Å². The lowest BCUT2D eigenvalue weighted by Crippen LogP contribution is -2.45. The summed E-state index contributed by atoms with van der Waals surface area (Å²) in [4.78, 5) is 0. The van der Waals surface area contributed by atoms with Crippen LogP contribution in [0.1, 0.15) is 72.1 Å². The van der Waals surface area contributed by atoms with Crippen molar-refractivity contribution in [2.45, 2.75) is 72.1 Å². The van der Waals surface area contributed by atoms with Crippen molar-refractivity contribution >= 4 is 0 Å². The van der Waals surface area contributed by atoms with Crippen LogP contribution in [-0.4, -0.2) is 0 Å². The van der Waals surface area contributed by atoms with Crippen LogP contribution in [0.5, 0.6) is 0 Å². The van der Waals surface area contributed by atoms with Gasteiger partial charge in [-0.2, -0.15) is 0 Å². The Morgan fingerprint density at radius 2 is 1.91 bits per heavy atom. The van der Waals surface area contributed by atoms with Crippen LogP contribution in [0, 0.1) is 46.8 Å². The van der Waals surface area contributed by atoms with E-state index >= 15 is 0 Å². The second-order valence-electron chi connectivity index (χ2n) is 9.27. The average molecular weight is 309 g/mol. The van der Waals surface area contributed by atoms with Crippen LogP contribution in [0.25, 0.3) is 0 Å². The fraction of sp³-hybridized carbons (Fsp3) is 0.739. The van der Waals surface area contributed by atoms with Crippen LogP contribution in [0.3, 0.4) is 0 Å². The highest BCUT2D eigenvalue weighted by Crippen LogP contribution is 2.65. The molecule has 0 heterocycles. The molecule has 0 aromatic rings. The van der Waals surface area contributed by atoms with Gasteiger partial charge >= 0.3 is 0 Å². The van der Waals surface area contributed by atoms with Crippen LogP contribution < -0.4 is 0 Å². The smallest absolute Gasteiger partial charge is 0.0205 e. The Labute approximate surface area is 142 Å². The normalized spacial score (nSPS) is 46.6. The minimum atomic E-state index is 0.433. The van der Waals surface area contributed by atoms with Gasteiger partial charge in [-0.15, -0.1) is 12.3 Å². The Morgan fingerprint density at radius 3 is 2.70 bits per heavy atom. The van der Waals surface area contributed by atoms with Gasteiger partial charge in [0.25, 0.3) is 0 Å². The highest BCUT2D eigenvalue weighted by Gasteiger charge is 2.56. The van der Waals surface area contributed by atoms with E-state index in [4.69, 9.17) is 6.42 Å². The molecule has 6 unspecified atom stereocenters. The van der Waals surface area contributed by atoms with Gasteiger partial charge in [-0.3, -0.25) is 0 Å². The van der Waals surface area contributed by atoms with Gasteiger partial charge in [0.2, 0.25) is 0 Å². The van der Waals surface area contributed by atoms with E-state index in [1.165, 1.54) is 51.4 Å². The monoisotopic (exact) mass is 308 g/mol. The molecular weight excluding hydrogens is 276 g/mol. The predicted octanol–water partition coefficient (Wildman–Crippen LogP) is 6.14. The molecule has 0 aromatic carbocycles. The Bertz CT molecular complexity index is 600. The van der Waals surface area contributed by atoms with E-state index in [-0.39, 0.29) is 0 Å². The number of rotatable bonds is 1. The fourth-order valence-electron chi connectivity index (χ4n) is 7.01. The molecule has 4 aliphatic rings. The van der Waals surface area contributed by atoms with E-state index in [0.29, 0.717) is 16.7 Å². The Kier molecular flexibility index (Phi) is 3.57. The van der Waals surface area contributed by atoms with Gasteiger partial charge in [-0.25, -0.2) is 0 Å². The van der Waals surface area contributed by atoms with Gasteiger partial charge in [0.05, 0.1) is 0 Å². The Balaban J connectivity index is 1.71. The third kappa shape index (κ3) is 2.05. The lowest BCUT2D eigenvalue weighted by molar-refractivity contribution is 0.0589. The minimum absolute atomic E-state index is 0.433. The summed E-state index contributed by atoms with van der Waals surface area (Å²) in [6, 6.07) is 0. The molecule has 0 aliphatic heterocycles. The van der Waals surface area contributed by atoms with Gasteiger partial charge in [-0.1, -0.05) is 50.5 Å². The van der Waals surface area contributed by atoms with Crippen LogP contribution in [0.2, 0.25) is 0 Å². The molecule has 3 saturated carbocycles. The SMILES string of the molecule is C#CC(C)C1CCC2C3=CC=C4CCCCC4(C)C3CCC21C. The summed E-state index contributed by atoms with van der Waals surface area (Å²) >= 11 is 0. The van der Waals surface area contributed by atoms with Crippen LogP contribution >= 0.6 is 0 Å². The number of fused-ring (bicyclic) bond motifs is 5. The average Bonchev–Trinajstić information content (AvgIpc) is 2.91. The zero-order chi connectivity index (χ0) is 16.2. The summed E-state index contributed by atoms with van der Waals surface area (Å²) in [5.74, 6) is 5.83. The molecule has 23 heavy (non-hydrogen) atoms. The topological polar surface area (TPSA) is 0 Å². The van der Waals surface area contributed by atoms with Gasteiger partial charge in [-0.05, 0) is 73.5 Å². The standard InChI is InChI=1S/C23H32/c1-5-16(2)19-11-12-20-18-10-9-17-8-6-7-14-22(17,3)21(18)13-15-23(19,20)4/h1,9-10,16,19-21H,6-8,11-15H2,2-4H3. The molecule has 0 nitrogen and oxygen atoms in total. The second kappa shape index (κ2) is 5.27. The fourth-order valence-corrected chi connectivity index (χ4v) is 7.01. The quantitative estimate of drug-likeness (QED) is 0.510. The molecule has 0 heteroatoms. The summed E-state index contributed by atoms with van der Waals surface area (Å²) < 4.78 is 0. The third-order valence-corrected chi connectivity index (χ3v) is 8.42. The molecule has 124 valence electrons. The van der Waals surface area contributed by atoms with Gasteiger partial charge in [0.1, 0.15) is 0 Å². The second-order valence-corrected chi connectivity index (χ2v) is 9.27. The van der Waals surface area contributed by atoms with Gasteiger partial charge < -0.3 is 0 Å². The van der Waals surface area contributed by atoms with Crippen molar-refractivity contribution in [1.29, 1.82) is 0 Å². The number of terminal acetylenes is 1. The molecule has 0 spiro atoms. The molecule has 0 saturated heterocycles. The molecule has 0 bridgehead atoms. The van der Waals surface area contributed by atoms with E-state index in [0.717, 1.165) is 17.8 Å². The van der Waals surface area contributed by atoms with E-state index in [1.807, 2.05) is 0 Å². The summed E-state index contributed by atoms with van der Waals surface area (Å²) in [5.41, 5.74) is 4.48. The number of allylic oxidation sites excluding steroid dienone is 4. The first-order valence-electron chi connectivity index (χ1n) is 9.88. The molecule has 6 atom stereocenters. The van der Waals surface area contributed by atoms with Crippen molar-refractivity contribution < 1.29 is 0 Å². The Morgan fingerprint density at radius 1 is 1.09 bits per heavy atom. The number of hydrogen-bond acceptors (Lipinski definition) is 0. The molecule has 0 radical (unpaired) electrons. The molecule has 0 aromatic heterocycles. The molecule has 4 rings (SSSR count). The first-order valence-corrected chi connectivity index (χ1v) is 9.88.